The summed E-state index contributed by atoms with van der Waals surface area (Å²) in [6.45, 7) is 6.14. The van der Waals surface area contributed by atoms with Crippen molar-refractivity contribution < 1.29 is 9.53 Å². The summed E-state index contributed by atoms with van der Waals surface area (Å²) in [5.41, 5.74) is 6.51. The second-order valence-corrected chi connectivity index (χ2v) is 6.01. The predicted molar refractivity (Wildman–Crippen MR) is 74.9 cm³/mol. The maximum Gasteiger partial charge on any atom is 0.407 e. The molecule has 0 saturated heterocycles. The molecule has 1 aliphatic rings. The molecular weight excluding hydrogens is 240 g/mol. The number of nitrogens with one attached hydrogen (secondary N) is 1. The number of hydrogen-bond acceptors (Lipinski definition) is 3. The maximum atomic E-state index is 11.8. The molecule has 3 N–H and O–H groups in total. The van der Waals surface area contributed by atoms with Crippen molar-refractivity contribution in [2.75, 3.05) is 6.54 Å². The van der Waals surface area contributed by atoms with Gasteiger partial charge in [0.15, 0.2) is 0 Å². The van der Waals surface area contributed by atoms with Crippen LogP contribution in [0, 0.1) is 5.92 Å². The fourth-order valence-corrected chi connectivity index (χ4v) is 2.44. The summed E-state index contributed by atoms with van der Waals surface area (Å²) < 4.78 is 5.27. The summed E-state index contributed by atoms with van der Waals surface area (Å²) >= 11 is 0. The lowest BCUT2D eigenvalue weighted by Crippen LogP contribution is -2.35. The highest BCUT2D eigenvalue weighted by Gasteiger charge is 2.51. The van der Waals surface area contributed by atoms with Crippen molar-refractivity contribution in [3.63, 3.8) is 0 Å². The van der Waals surface area contributed by atoms with Crippen molar-refractivity contribution >= 4 is 6.09 Å². The minimum atomic E-state index is -0.473. The molecule has 3 atom stereocenters. The third kappa shape index (κ3) is 3.47. The van der Waals surface area contributed by atoms with Gasteiger partial charge in [0.1, 0.15) is 5.60 Å². The van der Waals surface area contributed by atoms with E-state index in [1.165, 1.54) is 5.56 Å². The molecule has 1 aliphatic carbocycles. The highest BCUT2D eigenvalue weighted by molar-refractivity contribution is 5.69. The smallest absolute Gasteiger partial charge is 0.407 e. The fourth-order valence-electron chi connectivity index (χ4n) is 2.44. The lowest BCUT2D eigenvalue weighted by Gasteiger charge is -2.19. The summed E-state index contributed by atoms with van der Waals surface area (Å²) in [5.74, 6) is 0.605. The molecule has 0 heterocycles. The summed E-state index contributed by atoms with van der Waals surface area (Å²) in [6.07, 6.45) is -0.366. The van der Waals surface area contributed by atoms with Crippen LogP contribution >= 0.6 is 0 Å². The largest absolute Gasteiger partial charge is 0.444 e. The Morgan fingerprint density at radius 1 is 1.32 bits per heavy atom. The van der Waals surface area contributed by atoms with Crippen molar-refractivity contribution in [1.29, 1.82) is 0 Å². The van der Waals surface area contributed by atoms with Crippen molar-refractivity contribution in [3.8, 4) is 0 Å². The van der Waals surface area contributed by atoms with Crippen LogP contribution in [0.3, 0.4) is 0 Å². The third-order valence-electron chi connectivity index (χ3n) is 3.31. The number of hydrogen-bond donors (Lipinski definition) is 2. The highest BCUT2D eigenvalue weighted by Crippen LogP contribution is 2.47. The second-order valence-electron chi connectivity index (χ2n) is 6.01. The van der Waals surface area contributed by atoms with E-state index in [0.717, 1.165) is 0 Å². The zero-order valence-electron chi connectivity index (χ0n) is 11.7. The first-order valence-electron chi connectivity index (χ1n) is 6.67. The van der Waals surface area contributed by atoms with Crippen molar-refractivity contribution in [2.24, 2.45) is 11.7 Å². The highest BCUT2D eigenvalue weighted by atomic mass is 16.6. The molecule has 0 spiro atoms. The van der Waals surface area contributed by atoms with Gasteiger partial charge in [-0.05, 0) is 32.9 Å². The standard InChI is InChI=1S/C15H22N2O2/c1-15(2,3)19-14(18)17-13-11(9-16)12(13)10-7-5-4-6-8-10/h4-8,11-13H,9,16H2,1-3H3,(H,17,18). The van der Waals surface area contributed by atoms with Crippen molar-refractivity contribution in [1.82, 2.24) is 5.32 Å². The Labute approximate surface area is 114 Å². The molecule has 1 fully saturated rings. The number of nitrogens with two attached hydrogens (primary N) is 1. The lowest BCUT2D eigenvalue weighted by atomic mass is 10.1. The molecule has 2 rings (SSSR count). The van der Waals surface area contributed by atoms with Gasteiger partial charge in [-0.25, -0.2) is 4.79 Å². The van der Waals surface area contributed by atoms with Crippen LogP contribution in [-0.4, -0.2) is 24.3 Å². The molecule has 0 radical (unpaired) electrons. The van der Waals surface area contributed by atoms with E-state index >= 15 is 0 Å². The zero-order valence-corrected chi connectivity index (χ0v) is 11.7. The van der Waals surface area contributed by atoms with Gasteiger partial charge >= 0.3 is 6.09 Å². The van der Waals surface area contributed by atoms with Gasteiger partial charge in [0.25, 0.3) is 0 Å². The van der Waals surface area contributed by atoms with Crippen molar-refractivity contribution in [3.05, 3.63) is 35.9 Å². The molecule has 0 aliphatic heterocycles. The number of carbonyl (C=O) groups excluding carboxylic acids is 1. The first-order valence-corrected chi connectivity index (χ1v) is 6.67. The van der Waals surface area contributed by atoms with E-state index in [9.17, 15) is 4.79 Å². The van der Waals surface area contributed by atoms with E-state index in [-0.39, 0.29) is 12.1 Å². The van der Waals surface area contributed by atoms with E-state index in [2.05, 4.69) is 17.4 Å². The van der Waals surface area contributed by atoms with Crippen molar-refractivity contribution in [2.45, 2.75) is 38.3 Å². The molecule has 4 heteroatoms. The Morgan fingerprint density at radius 2 is 1.95 bits per heavy atom. The van der Waals surface area contributed by atoms with E-state index in [1.54, 1.807) is 0 Å². The zero-order chi connectivity index (χ0) is 14.0. The van der Waals surface area contributed by atoms with Gasteiger partial charge < -0.3 is 15.8 Å². The molecule has 0 bridgehead atoms. The summed E-state index contributed by atoms with van der Waals surface area (Å²) in [4.78, 5) is 11.8. The SMILES string of the molecule is CC(C)(C)OC(=O)NC1C(CN)C1c1ccccc1. The summed E-state index contributed by atoms with van der Waals surface area (Å²) in [6, 6.07) is 10.2. The molecule has 4 nitrogen and oxygen atoms in total. The molecule has 1 aromatic rings. The molecule has 0 aromatic heterocycles. The topological polar surface area (TPSA) is 64.3 Å². The van der Waals surface area contributed by atoms with E-state index in [0.29, 0.717) is 18.4 Å². The van der Waals surface area contributed by atoms with Gasteiger partial charge in [-0.2, -0.15) is 0 Å². The Hall–Kier alpha value is -1.55. The second kappa shape index (κ2) is 5.21. The Balaban J connectivity index is 1.96. The number of rotatable bonds is 3. The van der Waals surface area contributed by atoms with Gasteiger partial charge in [0, 0.05) is 17.9 Å². The first kappa shape index (κ1) is 13.9. The molecular formula is C15H22N2O2. The minimum absolute atomic E-state index is 0.0854. The normalized spacial score (nSPS) is 25.8. The molecule has 19 heavy (non-hydrogen) atoms. The summed E-state index contributed by atoms with van der Waals surface area (Å²) in [7, 11) is 0. The monoisotopic (exact) mass is 262 g/mol. The van der Waals surface area contributed by atoms with Gasteiger partial charge in [0.2, 0.25) is 0 Å². The van der Waals surface area contributed by atoms with E-state index < -0.39 is 5.60 Å². The Kier molecular flexibility index (Phi) is 3.80. The first-order chi connectivity index (χ1) is 8.92. The fraction of sp³-hybridized carbons (Fsp3) is 0.533. The number of alkyl carbamates (subject to hydrolysis) is 1. The molecule has 1 saturated carbocycles. The average molecular weight is 262 g/mol. The number of benzene rings is 1. The van der Waals surface area contributed by atoms with Crippen LogP contribution in [0.4, 0.5) is 4.79 Å². The third-order valence-corrected chi connectivity index (χ3v) is 3.31. The molecule has 1 aromatic carbocycles. The van der Waals surface area contributed by atoms with Crippen LogP contribution < -0.4 is 11.1 Å². The Bertz CT molecular complexity index is 439. The number of amides is 1. The van der Waals surface area contributed by atoms with Gasteiger partial charge in [-0.1, -0.05) is 30.3 Å². The predicted octanol–water partition coefficient (Wildman–Crippen LogP) is 2.25. The van der Waals surface area contributed by atoms with E-state index in [4.69, 9.17) is 10.5 Å². The quantitative estimate of drug-likeness (QED) is 0.878. The van der Waals surface area contributed by atoms with Gasteiger partial charge in [0.05, 0.1) is 0 Å². The minimum Gasteiger partial charge on any atom is -0.444 e. The molecule has 104 valence electrons. The van der Waals surface area contributed by atoms with Gasteiger partial charge in [-0.15, -0.1) is 0 Å². The number of ether oxygens (including phenoxy) is 1. The van der Waals surface area contributed by atoms with Crippen LogP contribution in [0.5, 0.6) is 0 Å². The average Bonchev–Trinajstić information content (AvgIpc) is 3.00. The van der Waals surface area contributed by atoms with Gasteiger partial charge in [-0.3, -0.25) is 0 Å². The Morgan fingerprint density at radius 3 is 2.47 bits per heavy atom. The van der Waals surface area contributed by atoms with Crippen LogP contribution in [-0.2, 0) is 4.74 Å². The van der Waals surface area contributed by atoms with E-state index in [1.807, 2.05) is 39.0 Å². The number of carbonyl (C=O) groups is 1. The van der Waals surface area contributed by atoms with Crippen LogP contribution in [0.25, 0.3) is 0 Å². The maximum absolute atomic E-state index is 11.8. The van der Waals surface area contributed by atoms with Crippen LogP contribution in [0.1, 0.15) is 32.3 Å². The van der Waals surface area contributed by atoms with Crippen LogP contribution in [0.2, 0.25) is 0 Å². The lowest BCUT2D eigenvalue weighted by molar-refractivity contribution is 0.0520. The van der Waals surface area contributed by atoms with Crippen LogP contribution in [0.15, 0.2) is 30.3 Å². The molecule has 3 unspecified atom stereocenters. The molecule has 1 amide bonds. The summed E-state index contributed by atoms with van der Waals surface area (Å²) in [5, 5.41) is 2.92.